The second-order valence-electron chi connectivity index (χ2n) is 3.98. The summed E-state index contributed by atoms with van der Waals surface area (Å²) in [5, 5.41) is 28.6. The van der Waals surface area contributed by atoms with Crippen LogP contribution in [0.5, 0.6) is 0 Å². The molecular formula is C11H20O5. The number of aliphatic hydroxyl groups is 3. The van der Waals surface area contributed by atoms with E-state index in [9.17, 15) is 15.3 Å². The number of unbranched alkanes of at least 4 members (excludes halogenated alkanes) is 1. The Hall–Kier alpha value is -0.460. The molecule has 1 aliphatic rings. The summed E-state index contributed by atoms with van der Waals surface area (Å²) in [6, 6.07) is 0. The van der Waals surface area contributed by atoms with E-state index < -0.39 is 30.7 Å². The molecule has 0 aromatic carbocycles. The molecule has 1 unspecified atom stereocenters. The number of hydrogen-bond donors (Lipinski definition) is 3. The summed E-state index contributed by atoms with van der Waals surface area (Å²) in [4.78, 5) is 0. The quantitative estimate of drug-likeness (QED) is 0.452. The molecule has 0 radical (unpaired) electrons. The Morgan fingerprint density at radius 2 is 1.94 bits per heavy atom. The minimum absolute atomic E-state index is 0.420. The summed E-state index contributed by atoms with van der Waals surface area (Å²) in [6.45, 7) is 5.63. The van der Waals surface area contributed by atoms with Crippen LogP contribution in [0, 0.1) is 0 Å². The van der Waals surface area contributed by atoms with Crippen LogP contribution in [0.1, 0.15) is 19.8 Å². The lowest BCUT2D eigenvalue weighted by atomic mass is 10.0. The van der Waals surface area contributed by atoms with Crippen molar-refractivity contribution in [3.05, 3.63) is 12.7 Å². The first kappa shape index (κ1) is 13.6. The highest BCUT2D eigenvalue weighted by Gasteiger charge is 2.42. The Morgan fingerprint density at radius 3 is 2.56 bits per heavy atom. The van der Waals surface area contributed by atoms with Crippen molar-refractivity contribution in [3.63, 3.8) is 0 Å². The van der Waals surface area contributed by atoms with Gasteiger partial charge in [-0.1, -0.05) is 6.08 Å². The minimum atomic E-state index is -1.23. The fourth-order valence-corrected chi connectivity index (χ4v) is 1.58. The number of hydrogen-bond acceptors (Lipinski definition) is 5. The van der Waals surface area contributed by atoms with Crippen molar-refractivity contribution in [1.82, 2.24) is 0 Å². The predicted molar refractivity (Wildman–Crippen MR) is 57.7 cm³/mol. The molecular weight excluding hydrogens is 212 g/mol. The van der Waals surface area contributed by atoms with E-state index in [0.29, 0.717) is 6.61 Å². The lowest BCUT2D eigenvalue weighted by Crippen LogP contribution is -2.57. The normalized spacial score (nSPS) is 39.6. The molecule has 1 saturated heterocycles. The van der Waals surface area contributed by atoms with Crippen LogP contribution in [0.2, 0.25) is 0 Å². The SMILES string of the molecule is C=CCCCOC1O[C@H](C)[C@H](O)[C@H](O)[C@H]1O. The van der Waals surface area contributed by atoms with E-state index in [0.717, 1.165) is 12.8 Å². The van der Waals surface area contributed by atoms with E-state index in [-0.39, 0.29) is 0 Å². The van der Waals surface area contributed by atoms with E-state index >= 15 is 0 Å². The van der Waals surface area contributed by atoms with Crippen LogP contribution in [-0.2, 0) is 9.47 Å². The first-order chi connectivity index (χ1) is 7.57. The molecule has 0 aromatic heterocycles. The van der Waals surface area contributed by atoms with Gasteiger partial charge < -0.3 is 24.8 Å². The summed E-state index contributed by atoms with van der Waals surface area (Å²) in [6.07, 6.45) is -1.57. The monoisotopic (exact) mass is 232 g/mol. The maximum absolute atomic E-state index is 9.60. The fraction of sp³-hybridized carbons (Fsp3) is 0.818. The first-order valence-corrected chi connectivity index (χ1v) is 5.50. The number of ether oxygens (including phenoxy) is 2. The topological polar surface area (TPSA) is 79.2 Å². The Balaban J connectivity index is 2.38. The van der Waals surface area contributed by atoms with Gasteiger partial charge in [0.25, 0.3) is 0 Å². The first-order valence-electron chi connectivity index (χ1n) is 5.50. The van der Waals surface area contributed by atoms with Crippen molar-refractivity contribution in [2.45, 2.75) is 50.5 Å². The Labute approximate surface area is 95.3 Å². The summed E-state index contributed by atoms with van der Waals surface area (Å²) in [5.41, 5.74) is 0. The molecule has 5 heteroatoms. The van der Waals surface area contributed by atoms with Crippen molar-refractivity contribution >= 4 is 0 Å². The molecule has 0 amide bonds. The maximum Gasteiger partial charge on any atom is 0.186 e. The lowest BCUT2D eigenvalue weighted by Gasteiger charge is -2.38. The smallest absolute Gasteiger partial charge is 0.186 e. The third-order valence-corrected chi connectivity index (χ3v) is 2.64. The molecule has 16 heavy (non-hydrogen) atoms. The van der Waals surface area contributed by atoms with Gasteiger partial charge in [0.15, 0.2) is 6.29 Å². The van der Waals surface area contributed by atoms with Crippen LogP contribution < -0.4 is 0 Å². The van der Waals surface area contributed by atoms with E-state index in [2.05, 4.69) is 6.58 Å². The highest BCUT2D eigenvalue weighted by Crippen LogP contribution is 2.21. The van der Waals surface area contributed by atoms with Crippen LogP contribution in [0.4, 0.5) is 0 Å². The zero-order valence-electron chi connectivity index (χ0n) is 9.45. The van der Waals surface area contributed by atoms with Crippen LogP contribution in [0.3, 0.4) is 0 Å². The van der Waals surface area contributed by atoms with Crippen molar-refractivity contribution < 1.29 is 24.8 Å². The highest BCUT2D eigenvalue weighted by molar-refractivity contribution is 4.87. The molecule has 5 atom stereocenters. The molecule has 5 nitrogen and oxygen atoms in total. The van der Waals surface area contributed by atoms with Crippen molar-refractivity contribution in [2.75, 3.05) is 6.61 Å². The van der Waals surface area contributed by atoms with Gasteiger partial charge in [0.1, 0.15) is 18.3 Å². The molecule has 0 aliphatic carbocycles. The third-order valence-electron chi connectivity index (χ3n) is 2.64. The number of aliphatic hydroxyl groups excluding tert-OH is 3. The second kappa shape index (κ2) is 6.32. The Kier molecular flexibility index (Phi) is 5.37. The molecule has 0 saturated carbocycles. The maximum atomic E-state index is 9.60. The van der Waals surface area contributed by atoms with Crippen LogP contribution in [0.25, 0.3) is 0 Å². The van der Waals surface area contributed by atoms with Gasteiger partial charge >= 0.3 is 0 Å². The van der Waals surface area contributed by atoms with Gasteiger partial charge in [-0.15, -0.1) is 6.58 Å². The van der Waals surface area contributed by atoms with Crippen LogP contribution in [0.15, 0.2) is 12.7 Å². The van der Waals surface area contributed by atoms with Crippen molar-refractivity contribution in [3.8, 4) is 0 Å². The molecule has 3 N–H and O–H groups in total. The van der Waals surface area contributed by atoms with E-state index in [1.807, 2.05) is 0 Å². The van der Waals surface area contributed by atoms with Crippen molar-refractivity contribution in [1.29, 1.82) is 0 Å². The summed E-state index contributed by atoms with van der Waals surface area (Å²) >= 11 is 0. The largest absolute Gasteiger partial charge is 0.388 e. The molecule has 1 aliphatic heterocycles. The summed E-state index contributed by atoms with van der Waals surface area (Å²) in [5.74, 6) is 0. The van der Waals surface area contributed by atoms with Gasteiger partial charge in [-0.2, -0.15) is 0 Å². The lowest BCUT2D eigenvalue weighted by molar-refractivity contribution is -0.293. The minimum Gasteiger partial charge on any atom is -0.388 e. The third kappa shape index (κ3) is 3.26. The van der Waals surface area contributed by atoms with E-state index in [4.69, 9.17) is 9.47 Å². The molecule has 1 heterocycles. The zero-order chi connectivity index (χ0) is 12.1. The molecule has 94 valence electrons. The Bertz CT molecular complexity index is 220. The average Bonchev–Trinajstić information content (AvgIpc) is 2.28. The Morgan fingerprint density at radius 1 is 1.25 bits per heavy atom. The second-order valence-corrected chi connectivity index (χ2v) is 3.98. The molecule has 1 fully saturated rings. The molecule has 0 spiro atoms. The van der Waals surface area contributed by atoms with Crippen LogP contribution in [-0.4, -0.2) is 52.6 Å². The average molecular weight is 232 g/mol. The summed E-state index contributed by atoms with van der Waals surface area (Å²) in [7, 11) is 0. The van der Waals surface area contributed by atoms with Gasteiger partial charge in [0.2, 0.25) is 0 Å². The van der Waals surface area contributed by atoms with Crippen molar-refractivity contribution in [2.24, 2.45) is 0 Å². The number of allylic oxidation sites excluding steroid dienone is 1. The zero-order valence-corrected chi connectivity index (χ0v) is 9.45. The van der Waals surface area contributed by atoms with E-state index in [1.165, 1.54) is 0 Å². The van der Waals surface area contributed by atoms with E-state index in [1.54, 1.807) is 13.0 Å². The van der Waals surface area contributed by atoms with Crippen LogP contribution >= 0.6 is 0 Å². The fourth-order valence-electron chi connectivity index (χ4n) is 1.58. The van der Waals surface area contributed by atoms with Gasteiger partial charge in [-0.05, 0) is 19.8 Å². The molecule has 1 rings (SSSR count). The summed E-state index contributed by atoms with van der Waals surface area (Å²) < 4.78 is 10.5. The standard InChI is InChI=1S/C11H20O5/c1-3-4-5-6-15-11-10(14)9(13)8(12)7(2)16-11/h3,7-14H,1,4-6H2,2H3/t7-,8+,9+,10-,11?/m1/s1. The van der Waals surface area contributed by atoms with Gasteiger partial charge in [-0.25, -0.2) is 0 Å². The van der Waals surface area contributed by atoms with Gasteiger partial charge in [-0.3, -0.25) is 0 Å². The molecule has 0 aromatic rings. The van der Waals surface area contributed by atoms with Gasteiger partial charge in [0, 0.05) is 0 Å². The number of rotatable bonds is 5. The highest BCUT2D eigenvalue weighted by atomic mass is 16.7. The molecule has 0 bridgehead atoms. The van der Waals surface area contributed by atoms with Gasteiger partial charge in [0.05, 0.1) is 12.7 Å². The predicted octanol–water partition coefficient (Wildman–Crippen LogP) is -0.203.